The summed E-state index contributed by atoms with van der Waals surface area (Å²) in [5.41, 5.74) is -0.466. The zero-order valence-corrected chi connectivity index (χ0v) is 10.5. The summed E-state index contributed by atoms with van der Waals surface area (Å²) in [6.45, 7) is 6.51. The van der Waals surface area contributed by atoms with Crippen LogP contribution in [0.5, 0.6) is 0 Å². The molecule has 2 N–H and O–H groups in total. The molecule has 0 aromatic rings. The highest BCUT2D eigenvalue weighted by molar-refractivity contribution is 4.98. The van der Waals surface area contributed by atoms with Crippen LogP contribution >= 0.6 is 0 Å². The number of aliphatic hydroxyl groups excluding tert-OH is 1. The van der Waals surface area contributed by atoms with Gasteiger partial charge in [-0.2, -0.15) is 0 Å². The third-order valence-corrected chi connectivity index (χ3v) is 4.43. The molecule has 1 saturated carbocycles. The Labute approximate surface area is 98.5 Å². The highest BCUT2D eigenvalue weighted by Gasteiger charge is 2.45. The minimum absolute atomic E-state index is 0.240. The van der Waals surface area contributed by atoms with Crippen LogP contribution < -0.4 is 0 Å². The van der Waals surface area contributed by atoms with Crippen molar-refractivity contribution in [3.05, 3.63) is 0 Å². The van der Waals surface area contributed by atoms with Crippen molar-refractivity contribution in [2.45, 2.75) is 51.2 Å². The van der Waals surface area contributed by atoms with E-state index in [0.717, 1.165) is 38.8 Å². The molecule has 3 nitrogen and oxygen atoms in total. The Balaban J connectivity index is 1.82. The molecule has 94 valence electrons. The van der Waals surface area contributed by atoms with Gasteiger partial charge in [0.1, 0.15) is 0 Å². The fourth-order valence-electron chi connectivity index (χ4n) is 3.20. The van der Waals surface area contributed by atoms with Crippen molar-refractivity contribution in [2.24, 2.45) is 11.8 Å². The van der Waals surface area contributed by atoms with E-state index < -0.39 is 5.60 Å². The Morgan fingerprint density at radius 2 is 2.06 bits per heavy atom. The van der Waals surface area contributed by atoms with E-state index in [0.29, 0.717) is 17.9 Å². The van der Waals surface area contributed by atoms with Crippen molar-refractivity contribution in [2.75, 3.05) is 19.7 Å². The number of nitrogens with zero attached hydrogens (tertiary/aromatic N) is 1. The molecule has 1 heterocycles. The van der Waals surface area contributed by atoms with Gasteiger partial charge in [0.15, 0.2) is 0 Å². The average Bonchev–Trinajstić information content (AvgIpc) is 2.60. The topological polar surface area (TPSA) is 43.7 Å². The predicted molar refractivity (Wildman–Crippen MR) is 64.2 cm³/mol. The lowest BCUT2D eigenvalue weighted by Crippen LogP contribution is -2.54. The second kappa shape index (κ2) is 4.63. The quantitative estimate of drug-likeness (QED) is 0.759. The first-order valence-corrected chi connectivity index (χ1v) is 6.61. The standard InChI is InChI=1S/C13H25NO2/c1-10(2)11-6-13(16,7-11)9-14-5-3-4-12(14)8-15/h10-12,15-16H,3-9H2,1-2H3/t11-,12-,13-/m0/s1. The van der Waals surface area contributed by atoms with Crippen molar-refractivity contribution < 1.29 is 10.2 Å². The Morgan fingerprint density at radius 1 is 1.38 bits per heavy atom. The van der Waals surface area contributed by atoms with Crippen molar-refractivity contribution in [1.29, 1.82) is 0 Å². The Hall–Kier alpha value is -0.120. The fourth-order valence-corrected chi connectivity index (χ4v) is 3.20. The molecule has 0 unspecified atom stereocenters. The van der Waals surface area contributed by atoms with E-state index in [4.69, 9.17) is 0 Å². The smallest absolute Gasteiger partial charge is 0.0779 e. The zero-order valence-electron chi connectivity index (χ0n) is 10.5. The number of hydrogen-bond acceptors (Lipinski definition) is 3. The minimum Gasteiger partial charge on any atom is -0.395 e. The number of β-amino-alcohol motifs (C(OH)–C–C–N with tert-alkyl or cyclic N) is 1. The van der Waals surface area contributed by atoms with Crippen molar-refractivity contribution in [3.8, 4) is 0 Å². The molecule has 0 aromatic heterocycles. The molecule has 2 aliphatic rings. The summed E-state index contributed by atoms with van der Waals surface area (Å²) >= 11 is 0. The molecule has 0 bridgehead atoms. The number of rotatable bonds is 4. The Bertz CT molecular complexity index is 236. The summed E-state index contributed by atoms with van der Waals surface area (Å²) in [5.74, 6) is 1.38. The summed E-state index contributed by atoms with van der Waals surface area (Å²) < 4.78 is 0. The Morgan fingerprint density at radius 3 is 2.62 bits per heavy atom. The average molecular weight is 227 g/mol. The maximum absolute atomic E-state index is 10.4. The molecule has 0 amide bonds. The third kappa shape index (κ3) is 2.41. The van der Waals surface area contributed by atoms with Crippen molar-refractivity contribution >= 4 is 0 Å². The summed E-state index contributed by atoms with van der Waals surface area (Å²) in [5, 5.41) is 19.6. The van der Waals surface area contributed by atoms with Crippen molar-refractivity contribution in [1.82, 2.24) is 4.90 Å². The highest BCUT2D eigenvalue weighted by Crippen LogP contribution is 2.43. The highest BCUT2D eigenvalue weighted by atomic mass is 16.3. The minimum atomic E-state index is -0.466. The second-order valence-corrected chi connectivity index (χ2v) is 6.09. The molecular formula is C13H25NO2. The lowest BCUT2D eigenvalue weighted by molar-refractivity contribution is -0.108. The lowest BCUT2D eigenvalue weighted by Gasteiger charge is -2.48. The first kappa shape index (κ1) is 12.3. The van der Waals surface area contributed by atoms with Gasteiger partial charge >= 0.3 is 0 Å². The van der Waals surface area contributed by atoms with Crippen LogP contribution in [0.4, 0.5) is 0 Å². The van der Waals surface area contributed by atoms with Crippen LogP contribution in [0.3, 0.4) is 0 Å². The molecule has 1 atom stereocenters. The maximum Gasteiger partial charge on any atom is 0.0779 e. The number of aliphatic hydroxyl groups is 2. The van der Waals surface area contributed by atoms with Gasteiger partial charge in [-0.3, -0.25) is 4.90 Å². The van der Waals surface area contributed by atoms with E-state index in [1.54, 1.807) is 0 Å². The maximum atomic E-state index is 10.4. The molecule has 1 aliphatic heterocycles. The van der Waals surface area contributed by atoms with E-state index >= 15 is 0 Å². The molecular weight excluding hydrogens is 202 g/mol. The van der Waals surface area contributed by atoms with Crippen LogP contribution in [0.2, 0.25) is 0 Å². The van der Waals surface area contributed by atoms with Gasteiger partial charge in [-0.15, -0.1) is 0 Å². The molecule has 2 rings (SSSR count). The molecule has 16 heavy (non-hydrogen) atoms. The molecule has 0 aromatic carbocycles. The Kier molecular flexibility index (Phi) is 3.57. The van der Waals surface area contributed by atoms with Crippen LogP contribution in [0.1, 0.15) is 39.5 Å². The number of hydrogen-bond donors (Lipinski definition) is 2. The van der Waals surface area contributed by atoms with E-state index in [1.165, 1.54) is 0 Å². The van der Waals surface area contributed by atoms with Crippen LogP contribution in [0, 0.1) is 11.8 Å². The SMILES string of the molecule is CC(C)[C@H]1C[C@@](O)(CN2CCC[C@H]2CO)C1. The van der Waals surface area contributed by atoms with E-state index in [1.807, 2.05) is 0 Å². The van der Waals surface area contributed by atoms with E-state index in [-0.39, 0.29) is 6.61 Å². The fraction of sp³-hybridized carbons (Fsp3) is 1.00. The molecule has 1 saturated heterocycles. The van der Waals surface area contributed by atoms with Gasteiger partial charge in [0, 0.05) is 12.6 Å². The van der Waals surface area contributed by atoms with Crippen LogP contribution in [0.25, 0.3) is 0 Å². The first-order valence-electron chi connectivity index (χ1n) is 6.61. The van der Waals surface area contributed by atoms with Crippen LogP contribution in [-0.2, 0) is 0 Å². The largest absolute Gasteiger partial charge is 0.395 e. The van der Waals surface area contributed by atoms with Crippen molar-refractivity contribution in [3.63, 3.8) is 0 Å². The first-order chi connectivity index (χ1) is 7.54. The molecule has 3 heteroatoms. The zero-order chi connectivity index (χ0) is 11.8. The van der Waals surface area contributed by atoms with Crippen LogP contribution in [0.15, 0.2) is 0 Å². The molecule has 1 aliphatic carbocycles. The van der Waals surface area contributed by atoms with Crippen LogP contribution in [-0.4, -0.2) is 46.5 Å². The molecule has 0 radical (unpaired) electrons. The summed E-state index contributed by atoms with van der Waals surface area (Å²) in [7, 11) is 0. The monoisotopic (exact) mass is 227 g/mol. The van der Waals surface area contributed by atoms with Gasteiger partial charge in [0.25, 0.3) is 0 Å². The van der Waals surface area contributed by atoms with E-state index in [9.17, 15) is 10.2 Å². The normalized spacial score (nSPS) is 40.3. The summed E-state index contributed by atoms with van der Waals surface area (Å²) in [6.07, 6.45) is 4.13. The summed E-state index contributed by atoms with van der Waals surface area (Å²) in [4.78, 5) is 2.27. The predicted octanol–water partition coefficient (Wildman–Crippen LogP) is 1.24. The van der Waals surface area contributed by atoms with Gasteiger partial charge in [0.2, 0.25) is 0 Å². The molecule has 2 fully saturated rings. The van der Waals surface area contributed by atoms with Gasteiger partial charge in [-0.05, 0) is 44.1 Å². The lowest BCUT2D eigenvalue weighted by atomic mass is 9.66. The van der Waals surface area contributed by atoms with Gasteiger partial charge in [-0.1, -0.05) is 13.8 Å². The third-order valence-electron chi connectivity index (χ3n) is 4.43. The summed E-state index contributed by atoms with van der Waals surface area (Å²) in [6, 6.07) is 0.294. The second-order valence-electron chi connectivity index (χ2n) is 6.09. The van der Waals surface area contributed by atoms with Gasteiger partial charge in [0.05, 0.1) is 12.2 Å². The number of likely N-dealkylation sites (tertiary alicyclic amines) is 1. The van der Waals surface area contributed by atoms with Gasteiger partial charge in [-0.25, -0.2) is 0 Å². The van der Waals surface area contributed by atoms with Gasteiger partial charge < -0.3 is 10.2 Å². The molecule has 0 spiro atoms. The van der Waals surface area contributed by atoms with E-state index in [2.05, 4.69) is 18.7 Å².